The lowest BCUT2D eigenvalue weighted by molar-refractivity contribution is -0.122. The van der Waals surface area contributed by atoms with Gasteiger partial charge in [0.25, 0.3) is 0 Å². The van der Waals surface area contributed by atoms with E-state index >= 15 is 0 Å². The molecule has 0 unspecified atom stereocenters. The minimum atomic E-state index is 0.214. The molecule has 3 atom stereocenters. The van der Waals surface area contributed by atoms with Crippen molar-refractivity contribution in [2.24, 2.45) is 5.92 Å². The van der Waals surface area contributed by atoms with Crippen LogP contribution in [0.15, 0.2) is 12.7 Å². The highest BCUT2D eigenvalue weighted by Gasteiger charge is 2.34. The summed E-state index contributed by atoms with van der Waals surface area (Å²) in [7, 11) is 0. The molecule has 17 heavy (non-hydrogen) atoms. The molecule has 0 aromatic heterocycles. The van der Waals surface area contributed by atoms with Gasteiger partial charge in [-0.3, -0.25) is 4.79 Å². The monoisotopic (exact) mass is 236 g/mol. The third-order valence-electron chi connectivity index (χ3n) is 3.97. The van der Waals surface area contributed by atoms with E-state index in [1.54, 1.807) is 0 Å². The molecule has 2 saturated heterocycles. The zero-order chi connectivity index (χ0) is 12.3. The van der Waals surface area contributed by atoms with Crippen molar-refractivity contribution in [1.82, 2.24) is 10.6 Å². The molecule has 0 saturated carbocycles. The number of amides is 1. The van der Waals surface area contributed by atoms with Gasteiger partial charge in [0.1, 0.15) is 0 Å². The molecule has 2 fully saturated rings. The van der Waals surface area contributed by atoms with Gasteiger partial charge >= 0.3 is 0 Å². The smallest absolute Gasteiger partial charge is 0.220 e. The van der Waals surface area contributed by atoms with Crippen LogP contribution < -0.4 is 10.6 Å². The van der Waals surface area contributed by atoms with Gasteiger partial charge in [-0.2, -0.15) is 0 Å². The summed E-state index contributed by atoms with van der Waals surface area (Å²) in [6, 6.07) is 1.58. The van der Waals surface area contributed by atoms with Crippen molar-refractivity contribution in [2.45, 2.75) is 63.6 Å². The lowest BCUT2D eigenvalue weighted by atomic mass is 9.89. The van der Waals surface area contributed by atoms with Crippen LogP contribution in [-0.2, 0) is 4.79 Å². The SMILES string of the molecule is C=CC[C@@H](C)NC(=O)CC1C[C@@H]2CC[C@@H](C1)N2. The van der Waals surface area contributed by atoms with E-state index in [9.17, 15) is 4.79 Å². The molecule has 3 heteroatoms. The third-order valence-corrected chi connectivity index (χ3v) is 3.97. The van der Waals surface area contributed by atoms with E-state index < -0.39 is 0 Å². The zero-order valence-corrected chi connectivity index (χ0v) is 10.7. The van der Waals surface area contributed by atoms with Crippen molar-refractivity contribution in [3.05, 3.63) is 12.7 Å². The first-order valence-corrected chi connectivity index (χ1v) is 6.83. The molecule has 2 aliphatic heterocycles. The maximum atomic E-state index is 11.9. The number of carbonyl (C=O) groups excluding carboxylic acids is 1. The van der Waals surface area contributed by atoms with Crippen molar-refractivity contribution in [3.63, 3.8) is 0 Å². The summed E-state index contributed by atoms with van der Waals surface area (Å²) in [5.74, 6) is 0.801. The summed E-state index contributed by atoms with van der Waals surface area (Å²) in [5.41, 5.74) is 0. The molecule has 2 heterocycles. The molecule has 3 nitrogen and oxygen atoms in total. The van der Waals surface area contributed by atoms with Crippen LogP contribution in [0.5, 0.6) is 0 Å². The number of carbonyl (C=O) groups is 1. The predicted octanol–water partition coefficient (Wildman–Crippen LogP) is 1.99. The van der Waals surface area contributed by atoms with E-state index in [-0.39, 0.29) is 11.9 Å². The van der Waals surface area contributed by atoms with Crippen molar-refractivity contribution in [1.29, 1.82) is 0 Å². The summed E-state index contributed by atoms with van der Waals surface area (Å²) in [6.07, 6.45) is 8.37. The average molecular weight is 236 g/mol. The van der Waals surface area contributed by atoms with E-state index in [1.165, 1.54) is 25.7 Å². The molecule has 96 valence electrons. The Bertz CT molecular complexity index is 278. The van der Waals surface area contributed by atoms with Crippen LogP contribution in [0.25, 0.3) is 0 Å². The first-order chi connectivity index (χ1) is 8.17. The summed E-state index contributed by atoms with van der Waals surface area (Å²) >= 11 is 0. The van der Waals surface area contributed by atoms with Crippen LogP contribution in [0.2, 0.25) is 0 Å². The van der Waals surface area contributed by atoms with Gasteiger partial charge in [0.05, 0.1) is 0 Å². The highest BCUT2D eigenvalue weighted by Crippen LogP contribution is 2.32. The topological polar surface area (TPSA) is 41.1 Å². The second-order valence-corrected chi connectivity index (χ2v) is 5.67. The van der Waals surface area contributed by atoms with Gasteiger partial charge in [0, 0.05) is 24.5 Å². The number of nitrogens with one attached hydrogen (secondary N) is 2. The third kappa shape index (κ3) is 3.56. The van der Waals surface area contributed by atoms with E-state index in [0.717, 1.165) is 6.42 Å². The van der Waals surface area contributed by atoms with Crippen LogP contribution in [0.3, 0.4) is 0 Å². The van der Waals surface area contributed by atoms with Crippen molar-refractivity contribution in [2.75, 3.05) is 0 Å². The lowest BCUT2D eigenvalue weighted by Gasteiger charge is -2.29. The highest BCUT2D eigenvalue weighted by molar-refractivity contribution is 5.76. The Hall–Kier alpha value is -0.830. The average Bonchev–Trinajstić information content (AvgIpc) is 2.58. The van der Waals surface area contributed by atoms with Gasteiger partial charge in [-0.15, -0.1) is 6.58 Å². The summed E-state index contributed by atoms with van der Waals surface area (Å²) in [5, 5.41) is 6.66. The number of hydrogen-bond donors (Lipinski definition) is 2. The van der Waals surface area contributed by atoms with E-state index in [0.29, 0.717) is 24.4 Å². The van der Waals surface area contributed by atoms with Gasteiger partial charge in [-0.25, -0.2) is 0 Å². The van der Waals surface area contributed by atoms with Gasteiger partial charge < -0.3 is 10.6 Å². The second kappa shape index (κ2) is 5.67. The molecule has 2 N–H and O–H groups in total. The van der Waals surface area contributed by atoms with E-state index in [4.69, 9.17) is 0 Å². The van der Waals surface area contributed by atoms with Gasteiger partial charge in [-0.05, 0) is 44.9 Å². The first kappa shape index (κ1) is 12.6. The Morgan fingerprint density at radius 1 is 1.47 bits per heavy atom. The fourth-order valence-electron chi connectivity index (χ4n) is 3.25. The van der Waals surface area contributed by atoms with Crippen LogP contribution >= 0.6 is 0 Å². The Morgan fingerprint density at radius 2 is 2.12 bits per heavy atom. The van der Waals surface area contributed by atoms with E-state index in [2.05, 4.69) is 17.2 Å². The standard InChI is InChI=1S/C14H24N2O/c1-3-4-10(2)15-14(17)9-11-7-12-5-6-13(8-11)16-12/h3,10-13,16H,1,4-9H2,2H3,(H,15,17)/t10-,12+,13+/m1/s1. The van der Waals surface area contributed by atoms with Gasteiger partial charge in [-0.1, -0.05) is 6.08 Å². The predicted molar refractivity (Wildman–Crippen MR) is 69.7 cm³/mol. The first-order valence-electron chi connectivity index (χ1n) is 6.83. The molecule has 0 aliphatic carbocycles. The van der Waals surface area contributed by atoms with Crippen molar-refractivity contribution < 1.29 is 4.79 Å². The number of fused-ring (bicyclic) bond motifs is 2. The van der Waals surface area contributed by atoms with Gasteiger partial charge in [0.2, 0.25) is 5.91 Å². The summed E-state index contributed by atoms with van der Waals surface area (Å²) in [6.45, 7) is 5.73. The number of hydrogen-bond acceptors (Lipinski definition) is 2. The Kier molecular flexibility index (Phi) is 4.21. The second-order valence-electron chi connectivity index (χ2n) is 5.67. The van der Waals surface area contributed by atoms with Crippen molar-refractivity contribution in [3.8, 4) is 0 Å². The minimum absolute atomic E-state index is 0.214. The zero-order valence-electron chi connectivity index (χ0n) is 10.7. The molecule has 0 spiro atoms. The maximum absolute atomic E-state index is 11.9. The number of piperidine rings is 1. The fourth-order valence-corrected chi connectivity index (χ4v) is 3.25. The summed E-state index contributed by atoms with van der Waals surface area (Å²) in [4.78, 5) is 11.9. The maximum Gasteiger partial charge on any atom is 0.220 e. The Morgan fingerprint density at radius 3 is 2.71 bits per heavy atom. The molecule has 2 aliphatic rings. The van der Waals surface area contributed by atoms with Crippen LogP contribution in [0, 0.1) is 5.92 Å². The molecule has 1 amide bonds. The molecule has 2 rings (SSSR count). The molecular formula is C14H24N2O. The minimum Gasteiger partial charge on any atom is -0.353 e. The number of rotatable bonds is 5. The Balaban J connectivity index is 1.73. The lowest BCUT2D eigenvalue weighted by Crippen LogP contribution is -2.40. The van der Waals surface area contributed by atoms with Crippen LogP contribution in [-0.4, -0.2) is 24.0 Å². The molecule has 2 bridgehead atoms. The Labute approximate surface area is 104 Å². The normalized spacial score (nSPS) is 33.1. The molecule has 0 radical (unpaired) electrons. The van der Waals surface area contributed by atoms with Crippen LogP contribution in [0.1, 0.15) is 45.4 Å². The van der Waals surface area contributed by atoms with Gasteiger partial charge in [0.15, 0.2) is 0 Å². The quantitative estimate of drug-likeness (QED) is 0.717. The highest BCUT2D eigenvalue weighted by atomic mass is 16.1. The van der Waals surface area contributed by atoms with E-state index in [1.807, 2.05) is 13.0 Å². The molecular weight excluding hydrogens is 212 g/mol. The summed E-state index contributed by atoms with van der Waals surface area (Å²) < 4.78 is 0. The largest absolute Gasteiger partial charge is 0.353 e. The fraction of sp³-hybridized carbons (Fsp3) is 0.786. The molecule has 0 aromatic carbocycles. The molecule has 0 aromatic rings. The van der Waals surface area contributed by atoms with Crippen molar-refractivity contribution >= 4 is 5.91 Å². The van der Waals surface area contributed by atoms with Crippen LogP contribution in [0.4, 0.5) is 0 Å².